The predicted octanol–water partition coefficient (Wildman–Crippen LogP) is 4.05. The van der Waals surface area contributed by atoms with Crippen molar-refractivity contribution in [3.63, 3.8) is 0 Å². The molecule has 28 heavy (non-hydrogen) atoms. The molecule has 1 aliphatic rings. The number of hydrogen-bond donors (Lipinski definition) is 1. The van der Waals surface area contributed by atoms with Crippen molar-refractivity contribution in [1.29, 1.82) is 0 Å². The Bertz CT molecular complexity index is 1110. The van der Waals surface area contributed by atoms with Gasteiger partial charge in [-0.2, -0.15) is 9.47 Å². The van der Waals surface area contributed by atoms with Crippen LogP contribution in [0, 0.1) is 5.92 Å². The summed E-state index contributed by atoms with van der Waals surface area (Å²) >= 11 is 1.53. The molecule has 3 aromatic heterocycles. The molecule has 1 aliphatic heterocycles. The van der Waals surface area contributed by atoms with Gasteiger partial charge in [0.05, 0.1) is 12.8 Å². The third-order valence-electron chi connectivity index (χ3n) is 4.82. The van der Waals surface area contributed by atoms with Gasteiger partial charge in [-0.15, -0.1) is 10.2 Å². The number of nitrogens with zero attached hydrogens (tertiary/aromatic N) is 5. The maximum Gasteiger partial charge on any atom is 0.184 e. The minimum Gasteiger partial charge on any atom is -0.493 e. The van der Waals surface area contributed by atoms with Crippen molar-refractivity contribution >= 4 is 11.5 Å². The van der Waals surface area contributed by atoms with Crippen molar-refractivity contribution in [3.8, 4) is 39.5 Å². The molecule has 0 spiro atoms. The maximum atomic E-state index is 6.10. The molecule has 1 N–H and O–H groups in total. The highest BCUT2D eigenvalue weighted by molar-refractivity contribution is 7.06. The van der Waals surface area contributed by atoms with Crippen LogP contribution in [0.5, 0.6) is 5.75 Å². The molecule has 0 saturated heterocycles. The van der Waals surface area contributed by atoms with E-state index < -0.39 is 0 Å². The summed E-state index contributed by atoms with van der Waals surface area (Å²) in [5, 5.41) is 15.4. The Morgan fingerprint density at radius 1 is 1.29 bits per heavy atom. The predicted molar refractivity (Wildman–Crippen MR) is 108 cm³/mol. The molecule has 0 aliphatic carbocycles. The van der Waals surface area contributed by atoms with Gasteiger partial charge in [-0.3, -0.25) is 5.10 Å². The minimum absolute atomic E-state index is 0.500. The molecule has 0 fully saturated rings. The van der Waals surface area contributed by atoms with Crippen molar-refractivity contribution in [3.05, 3.63) is 41.8 Å². The van der Waals surface area contributed by atoms with Gasteiger partial charge in [-0.1, -0.05) is 19.9 Å². The number of ether oxygens (including phenoxy) is 1. The van der Waals surface area contributed by atoms with E-state index in [1.54, 1.807) is 6.33 Å². The number of nitrogens with one attached hydrogen (secondary N) is 1. The number of benzene rings is 1. The third kappa shape index (κ3) is 2.90. The van der Waals surface area contributed by atoms with Gasteiger partial charge in [0.2, 0.25) is 0 Å². The fourth-order valence-electron chi connectivity index (χ4n) is 3.58. The Balaban J connectivity index is 1.64. The second-order valence-corrected chi connectivity index (χ2v) is 8.18. The lowest BCUT2D eigenvalue weighted by Crippen LogP contribution is -2.05. The zero-order valence-electron chi connectivity index (χ0n) is 15.7. The topological polar surface area (TPSA) is 81.5 Å². The summed E-state index contributed by atoms with van der Waals surface area (Å²) in [6.45, 7) is 5.87. The molecule has 0 amide bonds. The van der Waals surface area contributed by atoms with E-state index in [2.05, 4.69) is 57.0 Å². The summed E-state index contributed by atoms with van der Waals surface area (Å²) in [5.74, 6) is 2.19. The van der Waals surface area contributed by atoms with E-state index in [1.807, 2.05) is 12.4 Å². The van der Waals surface area contributed by atoms with Crippen LogP contribution in [0.25, 0.3) is 33.8 Å². The Morgan fingerprint density at radius 3 is 3.04 bits per heavy atom. The van der Waals surface area contributed by atoms with Crippen molar-refractivity contribution in [1.82, 2.24) is 29.3 Å². The quantitative estimate of drug-likeness (QED) is 0.567. The second kappa shape index (κ2) is 6.87. The van der Waals surface area contributed by atoms with E-state index in [0.717, 1.165) is 52.5 Å². The van der Waals surface area contributed by atoms with Gasteiger partial charge in [0.1, 0.15) is 17.8 Å². The van der Waals surface area contributed by atoms with Gasteiger partial charge >= 0.3 is 0 Å². The van der Waals surface area contributed by atoms with Crippen molar-refractivity contribution in [2.75, 3.05) is 6.61 Å². The van der Waals surface area contributed by atoms with Gasteiger partial charge in [-0.25, -0.2) is 0 Å². The van der Waals surface area contributed by atoms with E-state index in [-0.39, 0.29) is 0 Å². The number of H-pyrrole nitrogens is 1. The van der Waals surface area contributed by atoms with Crippen LogP contribution in [-0.2, 0) is 13.0 Å². The lowest BCUT2D eigenvalue weighted by atomic mass is 9.98. The molecule has 8 heteroatoms. The molecule has 0 unspecified atom stereocenters. The Labute approximate surface area is 166 Å². The molecule has 1 aromatic carbocycles. The Morgan fingerprint density at radius 2 is 2.21 bits per heavy atom. The average Bonchev–Trinajstić information content (AvgIpc) is 3.40. The second-order valence-electron chi connectivity index (χ2n) is 7.33. The van der Waals surface area contributed by atoms with Crippen LogP contribution in [0.4, 0.5) is 0 Å². The van der Waals surface area contributed by atoms with Crippen LogP contribution < -0.4 is 4.74 Å². The van der Waals surface area contributed by atoms with Crippen LogP contribution >= 0.6 is 11.5 Å². The van der Waals surface area contributed by atoms with Crippen LogP contribution in [0.1, 0.15) is 18.7 Å². The highest BCUT2D eigenvalue weighted by Gasteiger charge is 2.26. The number of aromatic nitrogens is 6. The lowest BCUT2D eigenvalue weighted by molar-refractivity contribution is 0.327. The number of hydrogen-bond acceptors (Lipinski definition) is 6. The molecular formula is C20H20N6OS. The molecule has 0 radical (unpaired) electrons. The van der Waals surface area contributed by atoms with Gasteiger partial charge < -0.3 is 9.30 Å². The summed E-state index contributed by atoms with van der Waals surface area (Å²) in [5.41, 5.74) is 5.18. The summed E-state index contributed by atoms with van der Waals surface area (Å²) in [6.07, 6.45) is 6.32. The van der Waals surface area contributed by atoms with Gasteiger partial charge in [0, 0.05) is 40.7 Å². The fraction of sp³-hybridized carbons (Fsp3) is 0.300. The van der Waals surface area contributed by atoms with E-state index in [4.69, 9.17) is 9.11 Å². The SMILES string of the molecule is CC(C)Cn1cnnc1-c1nsc2c1-c1ccc(-c3cn[nH]c3)cc1OCC2. The van der Waals surface area contributed by atoms with Crippen LogP contribution in [0.2, 0.25) is 0 Å². The normalized spacial score (nSPS) is 13.1. The average molecular weight is 392 g/mol. The summed E-state index contributed by atoms with van der Waals surface area (Å²) in [4.78, 5) is 1.23. The Hall–Kier alpha value is -3.00. The molecular weight excluding hydrogens is 372 g/mol. The summed E-state index contributed by atoms with van der Waals surface area (Å²) in [6, 6.07) is 6.29. The first-order chi connectivity index (χ1) is 13.7. The Kier molecular flexibility index (Phi) is 4.20. The molecule has 0 bridgehead atoms. The van der Waals surface area contributed by atoms with Crippen LogP contribution in [-0.4, -0.2) is 35.9 Å². The van der Waals surface area contributed by atoms with E-state index >= 15 is 0 Å². The molecule has 0 saturated carbocycles. The van der Waals surface area contributed by atoms with Crippen LogP contribution in [0.3, 0.4) is 0 Å². The summed E-state index contributed by atoms with van der Waals surface area (Å²) < 4.78 is 13.0. The first-order valence-electron chi connectivity index (χ1n) is 9.34. The molecule has 7 nitrogen and oxygen atoms in total. The number of aromatic amines is 1. The molecule has 4 aromatic rings. The largest absolute Gasteiger partial charge is 0.493 e. The smallest absolute Gasteiger partial charge is 0.184 e. The van der Waals surface area contributed by atoms with Crippen molar-refractivity contribution < 1.29 is 4.74 Å². The molecule has 0 atom stereocenters. The van der Waals surface area contributed by atoms with Crippen molar-refractivity contribution in [2.24, 2.45) is 5.92 Å². The first-order valence-corrected chi connectivity index (χ1v) is 10.1. The third-order valence-corrected chi connectivity index (χ3v) is 5.72. The van der Waals surface area contributed by atoms with Crippen LogP contribution in [0.15, 0.2) is 36.9 Å². The highest BCUT2D eigenvalue weighted by atomic mass is 32.1. The monoisotopic (exact) mass is 392 g/mol. The van der Waals surface area contributed by atoms with Gasteiger partial charge in [0.25, 0.3) is 0 Å². The number of fused-ring (bicyclic) bond motifs is 3. The van der Waals surface area contributed by atoms with Crippen molar-refractivity contribution in [2.45, 2.75) is 26.8 Å². The number of rotatable bonds is 4. The van der Waals surface area contributed by atoms with Gasteiger partial charge in [-0.05, 0) is 35.1 Å². The molecule has 5 rings (SSSR count). The molecule has 142 valence electrons. The minimum atomic E-state index is 0.500. The maximum absolute atomic E-state index is 6.10. The first kappa shape index (κ1) is 17.1. The molecule has 4 heterocycles. The van der Waals surface area contributed by atoms with E-state index in [0.29, 0.717) is 12.5 Å². The van der Waals surface area contributed by atoms with Gasteiger partial charge in [0.15, 0.2) is 5.82 Å². The van der Waals surface area contributed by atoms with E-state index in [1.165, 1.54) is 16.4 Å². The standard InChI is InChI=1S/C20H20N6OS/c1-12(2)10-26-11-23-24-20(26)19-18-15-4-3-13(14-8-21-22-9-14)7-16(15)27-6-5-17(18)28-25-19/h3-4,7-9,11-12H,5-6,10H2,1-2H3,(H,21,22). The highest BCUT2D eigenvalue weighted by Crippen LogP contribution is 2.44. The lowest BCUT2D eigenvalue weighted by Gasteiger charge is -2.12. The van der Waals surface area contributed by atoms with E-state index in [9.17, 15) is 0 Å². The summed E-state index contributed by atoms with van der Waals surface area (Å²) in [7, 11) is 0. The zero-order valence-corrected chi connectivity index (χ0v) is 16.5. The zero-order chi connectivity index (χ0) is 19.1. The fourth-order valence-corrected chi connectivity index (χ4v) is 4.43.